The van der Waals surface area contributed by atoms with E-state index in [1.165, 1.54) is 24.2 Å². The van der Waals surface area contributed by atoms with Crippen molar-refractivity contribution in [1.82, 2.24) is 24.9 Å². The minimum absolute atomic E-state index is 0.0183. The van der Waals surface area contributed by atoms with E-state index in [2.05, 4.69) is 31.2 Å². The molecule has 3 aromatic rings. The lowest BCUT2D eigenvalue weighted by Crippen LogP contribution is -2.55. The summed E-state index contributed by atoms with van der Waals surface area (Å²) in [6.07, 6.45) is 0.477. The van der Waals surface area contributed by atoms with Gasteiger partial charge < -0.3 is 24.6 Å². The quantitative estimate of drug-likeness (QED) is 0.380. The van der Waals surface area contributed by atoms with Crippen LogP contribution in [0.3, 0.4) is 0 Å². The third-order valence-corrected chi connectivity index (χ3v) is 8.21. The minimum Gasteiger partial charge on any atom is -0.394 e. The number of ether oxygens (including phenoxy) is 2. The molecule has 0 bridgehead atoms. The summed E-state index contributed by atoms with van der Waals surface area (Å²) in [4.78, 5) is 19.5. The number of hydrogen-bond acceptors (Lipinski definition) is 9. The molecule has 39 heavy (non-hydrogen) atoms. The molecule has 2 aliphatic heterocycles. The van der Waals surface area contributed by atoms with Crippen LogP contribution in [0.4, 0.5) is 13.2 Å². The molecule has 0 saturated carbocycles. The Bertz CT molecular complexity index is 1360. The monoisotopic (exact) mass is 629 g/mol. The van der Waals surface area contributed by atoms with Crippen molar-refractivity contribution in [1.29, 1.82) is 0 Å². The average molecular weight is 630 g/mol. The maximum atomic E-state index is 13.8. The van der Waals surface area contributed by atoms with Crippen molar-refractivity contribution >= 4 is 33.6 Å². The Morgan fingerprint density at radius 3 is 2.59 bits per heavy atom. The SMILES string of the molecule is COC1C(Sc2cc(Br)cnc2C(=O)N2CCC2)OC(CO)C(O)C1n1cc(-c2cc(F)c(F)c(F)c2)nn1. The Morgan fingerprint density at radius 1 is 1.26 bits per heavy atom. The Hall–Kier alpha value is -2.56. The van der Waals surface area contributed by atoms with Gasteiger partial charge in [0.15, 0.2) is 17.5 Å². The molecule has 2 saturated heterocycles. The van der Waals surface area contributed by atoms with Gasteiger partial charge in [0.2, 0.25) is 0 Å². The second-order valence-electron chi connectivity index (χ2n) is 9.01. The number of carbonyl (C=O) groups is 1. The number of aliphatic hydroxyl groups excluding tert-OH is 2. The van der Waals surface area contributed by atoms with Gasteiger partial charge in [-0.2, -0.15) is 0 Å². The number of rotatable bonds is 7. The summed E-state index contributed by atoms with van der Waals surface area (Å²) in [7, 11) is 1.40. The van der Waals surface area contributed by atoms with E-state index in [1.807, 2.05) is 0 Å². The molecule has 1 aromatic carbocycles. The molecule has 5 atom stereocenters. The van der Waals surface area contributed by atoms with E-state index in [-0.39, 0.29) is 22.9 Å². The molecule has 0 aliphatic carbocycles. The summed E-state index contributed by atoms with van der Waals surface area (Å²) in [5.74, 6) is -4.60. The molecule has 15 heteroatoms. The van der Waals surface area contributed by atoms with Gasteiger partial charge in [-0.25, -0.2) is 22.8 Å². The van der Waals surface area contributed by atoms with Crippen LogP contribution < -0.4 is 0 Å². The van der Waals surface area contributed by atoms with Crippen LogP contribution in [0, 0.1) is 17.5 Å². The Balaban J connectivity index is 1.47. The Morgan fingerprint density at radius 2 is 1.97 bits per heavy atom. The van der Waals surface area contributed by atoms with Crippen molar-refractivity contribution in [3.8, 4) is 11.3 Å². The number of halogens is 4. The molecule has 4 heterocycles. The highest BCUT2D eigenvalue weighted by Crippen LogP contribution is 2.41. The molecule has 0 radical (unpaired) electrons. The van der Waals surface area contributed by atoms with Gasteiger partial charge in [-0.1, -0.05) is 17.0 Å². The fourth-order valence-electron chi connectivity index (χ4n) is 4.43. The highest BCUT2D eigenvalue weighted by molar-refractivity contribution is 9.10. The number of aliphatic hydroxyl groups is 2. The zero-order valence-corrected chi connectivity index (χ0v) is 22.8. The lowest BCUT2D eigenvalue weighted by molar-refractivity contribution is -0.186. The number of nitrogens with zero attached hydrogens (tertiary/aromatic N) is 5. The number of thioether (sulfide) groups is 1. The van der Waals surface area contributed by atoms with Crippen molar-refractivity contribution in [2.75, 3.05) is 26.8 Å². The second-order valence-corrected chi connectivity index (χ2v) is 11.1. The summed E-state index contributed by atoms with van der Waals surface area (Å²) < 4.78 is 54.6. The first-order chi connectivity index (χ1) is 18.7. The fourth-order valence-corrected chi connectivity index (χ4v) is 6.22. The number of carbonyl (C=O) groups excluding carboxylic acids is 1. The van der Waals surface area contributed by atoms with Crippen molar-refractivity contribution in [2.45, 2.75) is 41.1 Å². The maximum Gasteiger partial charge on any atom is 0.273 e. The highest BCUT2D eigenvalue weighted by Gasteiger charge is 2.48. The van der Waals surface area contributed by atoms with Gasteiger partial charge in [0, 0.05) is 41.3 Å². The standard InChI is InChI=1S/C24H23BrF3N5O5S/c1-37-22-20(33-9-15(30-31-33)11-5-13(26)18(28)14(27)6-11)21(35)16(10-34)38-24(22)39-17-7-12(25)8-29-19(17)23(36)32-3-2-4-32/h5-9,16,20-22,24,34-35H,2-4,10H2,1H3. The van der Waals surface area contributed by atoms with Gasteiger partial charge in [0.05, 0.1) is 12.8 Å². The molecule has 2 aliphatic rings. The maximum absolute atomic E-state index is 13.8. The Labute approximate surface area is 233 Å². The van der Waals surface area contributed by atoms with E-state index in [0.29, 0.717) is 22.5 Å². The van der Waals surface area contributed by atoms with Crippen molar-refractivity contribution in [2.24, 2.45) is 0 Å². The molecule has 1 amide bonds. The fraction of sp³-hybridized carbons (Fsp3) is 0.417. The van der Waals surface area contributed by atoms with Crippen LogP contribution in [0.1, 0.15) is 23.0 Å². The second kappa shape index (κ2) is 11.5. The number of likely N-dealkylation sites (tertiary alicyclic amines) is 1. The van der Waals surface area contributed by atoms with Crippen LogP contribution in [-0.2, 0) is 9.47 Å². The summed E-state index contributed by atoms with van der Waals surface area (Å²) in [5.41, 5.74) is -0.669. The molecular weight excluding hydrogens is 607 g/mol. The van der Waals surface area contributed by atoms with Crippen LogP contribution in [-0.4, -0.2) is 91.6 Å². The number of benzene rings is 1. The molecule has 208 valence electrons. The van der Waals surface area contributed by atoms with Crippen LogP contribution in [0.5, 0.6) is 0 Å². The summed E-state index contributed by atoms with van der Waals surface area (Å²) in [6.45, 7) is 0.731. The third kappa shape index (κ3) is 5.43. The van der Waals surface area contributed by atoms with E-state index in [9.17, 15) is 28.2 Å². The van der Waals surface area contributed by atoms with Gasteiger partial charge >= 0.3 is 0 Å². The molecule has 5 unspecified atom stereocenters. The minimum atomic E-state index is -1.61. The van der Waals surface area contributed by atoms with E-state index < -0.39 is 53.8 Å². The van der Waals surface area contributed by atoms with Gasteiger partial charge in [0.1, 0.15) is 41.2 Å². The summed E-state index contributed by atoms with van der Waals surface area (Å²) >= 11 is 4.52. The largest absolute Gasteiger partial charge is 0.394 e. The predicted molar refractivity (Wildman–Crippen MR) is 135 cm³/mol. The van der Waals surface area contributed by atoms with Crippen molar-refractivity contribution < 1.29 is 37.7 Å². The molecule has 5 rings (SSSR count). The number of pyridine rings is 1. The smallest absolute Gasteiger partial charge is 0.273 e. The zero-order valence-electron chi connectivity index (χ0n) is 20.4. The molecule has 10 nitrogen and oxygen atoms in total. The number of amides is 1. The van der Waals surface area contributed by atoms with Crippen LogP contribution in [0.25, 0.3) is 11.3 Å². The summed E-state index contributed by atoms with van der Waals surface area (Å²) in [6, 6.07) is 2.32. The number of methoxy groups -OCH3 is 1. The lowest BCUT2D eigenvalue weighted by atomic mass is 9.97. The van der Waals surface area contributed by atoms with Crippen molar-refractivity contribution in [3.05, 3.63) is 58.2 Å². The van der Waals surface area contributed by atoms with Crippen LogP contribution in [0.2, 0.25) is 0 Å². The molecule has 2 fully saturated rings. The first kappa shape index (κ1) is 28.0. The van der Waals surface area contributed by atoms with Crippen molar-refractivity contribution in [3.63, 3.8) is 0 Å². The highest BCUT2D eigenvalue weighted by atomic mass is 79.9. The first-order valence-electron chi connectivity index (χ1n) is 11.9. The predicted octanol–water partition coefficient (Wildman–Crippen LogP) is 2.79. The van der Waals surface area contributed by atoms with Gasteiger partial charge in [-0.15, -0.1) is 5.10 Å². The molecule has 2 N–H and O–H groups in total. The van der Waals surface area contributed by atoms with Gasteiger partial charge in [-0.05, 0) is 40.5 Å². The topological polar surface area (TPSA) is 123 Å². The van der Waals surface area contributed by atoms with E-state index >= 15 is 0 Å². The lowest BCUT2D eigenvalue weighted by Gasteiger charge is -2.43. The van der Waals surface area contributed by atoms with E-state index in [4.69, 9.17) is 9.47 Å². The van der Waals surface area contributed by atoms with Gasteiger partial charge in [-0.3, -0.25) is 4.79 Å². The normalized spacial score (nSPS) is 25.0. The van der Waals surface area contributed by atoms with Crippen LogP contribution in [0.15, 0.2) is 40.0 Å². The molecule has 2 aromatic heterocycles. The number of hydrogen-bond donors (Lipinski definition) is 2. The first-order valence-corrected chi connectivity index (χ1v) is 13.5. The summed E-state index contributed by atoms with van der Waals surface area (Å²) in [5, 5.41) is 29.0. The molecule has 0 spiro atoms. The number of aromatic nitrogens is 4. The van der Waals surface area contributed by atoms with E-state index in [1.54, 1.807) is 11.0 Å². The zero-order chi connectivity index (χ0) is 27.8. The van der Waals surface area contributed by atoms with E-state index in [0.717, 1.165) is 30.3 Å². The third-order valence-electron chi connectivity index (χ3n) is 6.60. The van der Waals surface area contributed by atoms with Crippen LogP contribution >= 0.6 is 27.7 Å². The Kier molecular flexibility index (Phi) is 8.26. The average Bonchev–Trinajstić information content (AvgIpc) is 3.36. The molecular formula is C24H23BrF3N5O5S. The van der Waals surface area contributed by atoms with Gasteiger partial charge in [0.25, 0.3) is 5.91 Å².